The molecule has 0 aliphatic rings. The Morgan fingerprint density at radius 3 is 1.78 bits per heavy atom. The normalized spacial score (nSPS) is 9.81. The lowest BCUT2D eigenvalue weighted by Crippen LogP contribution is -1.95. The zero-order valence-electron chi connectivity index (χ0n) is 15.1. The molecule has 0 aliphatic carbocycles. The van der Waals surface area contributed by atoms with Gasteiger partial charge in [-0.25, -0.2) is 0 Å². The predicted molar refractivity (Wildman–Crippen MR) is 108 cm³/mol. The second kappa shape index (κ2) is 9.25. The fourth-order valence-electron chi connectivity index (χ4n) is 2.73. The van der Waals surface area contributed by atoms with Crippen LogP contribution in [0.4, 0.5) is 0 Å². The summed E-state index contributed by atoms with van der Waals surface area (Å²) in [5.74, 6) is 0. The number of nitrogens with zero attached hydrogens (tertiary/aromatic N) is 3. The van der Waals surface area contributed by atoms with Crippen LogP contribution in [0.5, 0.6) is 0 Å². The third kappa shape index (κ3) is 4.69. The van der Waals surface area contributed by atoms with Crippen molar-refractivity contribution >= 4 is 28.8 Å². The molecule has 0 saturated carbocycles. The monoisotopic (exact) mass is 393 g/mol. The molecule has 0 heterocycles. The number of hydrogen-bond acceptors (Lipinski definition) is 3. The van der Waals surface area contributed by atoms with E-state index in [0.717, 1.165) is 34.2 Å². The molecule has 3 nitrogen and oxygen atoms in total. The molecule has 2 rings (SSSR count). The van der Waals surface area contributed by atoms with Gasteiger partial charge in [0.05, 0.1) is 29.3 Å². The van der Waals surface area contributed by atoms with Crippen LogP contribution in [0.15, 0.2) is 30.3 Å². The molecule has 0 unspecified atom stereocenters. The van der Waals surface area contributed by atoms with E-state index < -0.39 is 0 Å². The first kappa shape index (κ1) is 20.5. The highest BCUT2D eigenvalue weighted by atomic mass is 35.5. The van der Waals surface area contributed by atoms with Crippen molar-refractivity contribution in [3.8, 4) is 18.2 Å². The Kier molecular flexibility index (Phi) is 7.04. The van der Waals surface area contributed by atoms with E-state index in [1.54, 1.807) is 26.0 Å². The number of unbranched alkanes of at least 4 members (excludes halogenated alkanes) is 2. The maximum absolute atomic E-state index is 9.40. The summed E-state index contributed by atoms with van der Waals surface area (Å²) in [5, 5.41) is 28.6. The van der Waals surface area contributed by atoms with Crippen LogP contribution in [0.25, 0.3) is 5.57 Å². The van der Waals surface area contributed by atoms with Crippen LogP contribution in [-0.4, -0.2) is 0 Å². The average molecular weight is 394 g/mol. The number of halogens is 2. The Labute approximate surface area is 169 Å². The zero-order valence-corrected chi connectivity index (χ0v) is 16.6. The van der Waals surface area contributed by atoms with Crippen LogP contribution in [-0.2, 0) is 0 Å². The lowest BCUT2D eigenvalue weighted by atomic mass is 9.92. The maximum atomic E-state index is 9.40. The first-order valence-corrected chi connectivity index (χ1v) is 9.16. The minimum atomic E-state index is 0.458. The van der Waals surface area contributed by atoms with Gasteiger partial charge in [0.2, 0.25) is 0 Å². The highest BCUT2D eigenvalue weighted by Gasteiger charge is 2.14. The van der Waals surface area contributed by atoms with Crippen molar-refractivity contribution < 1.29 is 0 Å². The summed E-state index contributed by atoms with van der Waals surface area (Å²) in [5.41, 5.74) is 4.85. The molecule has 0 atom stereocenters. The molecular weight excluding hydrogens is 377 g/mol. The van der Waals surface area contributed by atoms with Crippen LogP contribution in [0.3, 0.4) is 0 Å². The number of nitriles is 3. The van der Waals surface area contributed by atoms with Gasteiger partial charge >= 0.3 is 0 Å². The highest BCUT2D eigenvalue weighted by molar-refractivity contribution is 6.32. The van der Waals surface area contributed by atoms with Gasteiger partial charge in [-0.1, -0.05) is 29.3 Å². The predicted octanol–water partition coefficient (Wildman–Crippen LogP) is 6.48. The largest absolute Gasteiger partial charge is 0.198 e. The van der Waals surface area contributed by atoms with Gasteiger partial charge < -0.3 is 0 Å². The van der Waals surface area contributed by atoms with Crippen molar-refractivity contribution in [1.29, 1.82) is 15.8 Å². The van der Waals surface area contributed by atoms with Gasteiger partial charge in [-0.05, 0) is 78.8 Å². The van der Waals surface area contributed by atoms with Gasteiger partial charge in [0.25, 0.3) is 0 Å². The molecule has 0 aromatic heterocycles. The van der Waals surface area contributed by atoms with Crippen LogP contribution in [0, 0.1) is 47.8 Å². The summed E-state index contributed by atoms with van der Waals surface area (Å²) in [6, 6.07) is 13.7. The lowest BCUT2D eigenvalue weighted by molar-refractivity contribution is 0.877. The van der Waals surface area contributed by atoms with E-state index in [4.69, 9.17) is 28.5 Å². The van der Waals surface area contributed by atoms with Gasteiger partial charge in [-0.2, -0.15) is 15.8 Å². The number of hydrogen-bond donors (Lipinski definition) is 0. The molecule has 0 aliphatic heterocycles. The van der Waals surface area contributed by atoms with Crippen LogP contribution >= 0.6 is 23.2 Å². The molecule has 134 valence electrons. The average Bonchev–Trinajstić information content (AvgIpc) is 2.66. The van der Waals surface area contributed by atoms with Crippen LogP contribution in [0.2, 0.25) is 10.0 Å². The minimum absolute atomic E-state index is 0.458. The Balaban J connectivity index is 2.66. The Hall–Kier alpha value is -2.77. The molecule has 0 N–H and O–H groups in total. The third-order valence-electron chi connectivity index (χ3n) is 4.39. The SMILES string of the molecule is Cc1c(Cl)cc(C(=CCCCC#N)c2cc(Cl)c(C)c(C#N)c2)cc1C#N. The molecule has 5 heteroatoms. The van der Waals surface area contributed by atoms with Gasteiger partial charge in [0.15, 0.2) is 0 Å². The van der Waals surface area contributed by atoms with Crippen molar-refractivity contribution in [2.24, 2.45) is 0 Å². The molecule has 2 aromatic rings. The van der Waals surface area contributed by atoms with E-state index in [0.29, 0.717) is 34.0 Å². The standard InChI is InChI=1S/C22H17Cl2N3/c1-14-18(12-26)8-16(10-21(14)23)20(6-4-3-5-7-25)17-9-19(13-27)15(2)22(24)11-17/h6,8-11H,3-5H2,1-2H3. The van der Waals surface area contributed by atoms with Crippen molar-refractivity contribution in [2.45, 2.75) is 33.1 Å². The van der Waals surface area contributed by atoms with E-state index in [9.17, 15) is 10.5 Å². The topological polar surface area (TPSA) is 71.4 Å². The zero-order chi connectivity index (χ0) is 20.0. The molecule has 0 fully saturated rings. The molecule has 0 radical (unpaired) electrons. The van der Waals surface area contributed by atoms with Gasteiger partial charge in [0, 0.05) is 16.5 Å². The molecule has 0 saturated heterocycles. The second-order valence-electron chi connectivity index (χ2n) is 6.15. The van der Waals surface area contributed by atoms with Crippen molar-refractivity contribution in [2.75, 3.05) is 0 Å². The smallest absolute Gasteiger partial charge is 0.0995 e. The Morgan fingerprint density at radius 1 is 0.889 bits per heavy atom. The fourth-order valence-corrected chi connectivity index (χ4v) is 3.17. The summed E-state index contributed by atoms with van der Waals surface area (Å²) in [6.45, 7) is 3.61. The van der Waals surface area contributed by atoms with Gasteiger partial charge in [-0.15, -0.1) is 0 Å². The second-order valence-corrected chi connectivity index (χ2v) is 6.97. The highest BCUT2D eigenvalue weighted by Crippen LogP contribution is 2.33. The number of rotatable bonds is 5. The summed E-state index contributed by atoms with van der Waals surface area (Å²) in [4.78, 5) is 0. The molecule has 0 spiro atoms. The first-order valence-electron chi connectivity index (χ1n) is 8.41. The van der Waals surface area contributed by atoms with Crippen molar-refractivity contribution in [3.05, 3.63) is 73.8 Å². The number of benzene rings is 2. The molecule has 0 bridgehead atoms. The van der Waals surface area contributed by atoms with E-state index in [2.05, 4.69) is 18.2 Å². The summed E-state index contributed by atoms with van der Waals surface area (Å²) >= 11 is 12.7. The van der Waals surface area contributed by atoms with E-state index in [1.165, 1.54) is 0 Å². The fraction of sp³-hybridized carbons (Fsp3) is 0.227. The third-order valence-corrected chi connectivity index (χ3v) is 5.18. The van der Waals surface area contributed by atoms with Crippen LogP contribution in [0.1, 0.15) is 52.6 Å². The van der Waals surface area contributed by atoms with E-state index in [1.807, 2.05) is 18.2 Å². The van der Waals surface area contributed by atoms with E-state index in [-0.39, 0.29) is 0 Å². The number of allylic oxidation sites excluding steroid dienone is 1. The molecule has 27 heavy (non-hydrogen) atoms. The maximum Gasteiger partial charge on any atom is 0.0995 e. The van der Waals surface area contributed by atoms with Crippen molar-refractivity contribution in [1.82, 2.24) is 0 Å². The summed E-state index contributed by atoms with van der Waals surface area (Å²) < 4.78 is 0. The molecule has 2 aromatic carbocycles. The quantitative estimate of drug-likeness (QED) is 0.545. The summed E-state index contributed by atoms with van der Waals surface area (Å²) in [6.07, 6.45) is 3.86. The Morgan fingerprint density at radius 2 is 1.37 bits per heavy atom. The molecule has 0 amide bonds. The van der Waals surface area contributed by atoms with Gasteiger partial charge in [-0.3, -0.25) is 0 Å². The molecular formula is C22H17Cl2N3. The van der Waals surface area contributed by atoms with Crippen molar-refractivity contribution in [3.63, 3.8) is 0 Å². The Bertz CT molecular complexity index is 960. The minimum Gasteiger partial charge on any atom is -0.198 e. The van der Waals surface area contributed by atoms with E-state index >= 15 is 0 Å². The van der Waals surface area contributed by atoms with Gasteiger partial charge in [0.1, 0.15) is 0 Å². The first-order chi connectivity index (χ1) is 12.9. The lowest BCUT2D eigenvalue weighted by Gasteiger charge is -2.14. The summed E-state index contributed by atoms with van der Waals surface area (Å²) in [7, 11) is 0. The van der Waals surface area contributed by atoms with Crippen LogP contribution < -0.4 is 0 Å².